The van der Waals surface area contributed by atoms with E-state index in [-0.39, 0.29) is 11.7 Å². The van der Waals surface area contributed by atoms with E-state index in [1.807, 2.05) is 6.92 Å². The summed E-state index contributed by atoms with van der Waals surface area (Å²) in [5.74, 6) is 0.375. The average Bonchev–Trinajstić information content (AvgIpc) is 2.26. The molecule has 0 aromatic heterocycles. The van der Waals surface area contributed by atoms with Gasteiger partial charge in [-0.05, 0) is 17.7 Å². The van der Waals surface area contributed by atoms with Gasteiger partial charge >= 0.3 is 0 Å². The third-order valence-electron chi connectivity index (χ3n) is 2.41. The third-order valence-corrected chi connectivity index (χ3v) is 2.41. The smallest absolute Gasteiger partial charge is 0.160 e. The predicted molar refractivity (Wildman–Crippen MR) is 59.0 cm³/mol. The number of hydrogen-bond donors (Lipinski definition) is 2. The van der Waals surface area contributed by atoms with E-state index < -0.39 is 6.10 Å². The number of aliphatic hydroxyl groups excluding tert-OH is 1. The molecule has 0 aliphatic carbocycles. The lowest BCUT2D eigenvalue weighted by Crippen LogP contribution is -2.06. The Morgan fingerprint density at radius 1 is 1.47 bits per heavy atom. The highest BCUT2D eigenvalue weighted by molar-refractivity contribution is 5.42. The van der Waals surface area contributed by atoms with Crippen LogP contribution in [0.3, 0.4) is 0 Å². The zero-order chi connectivity index (χ0) is 11.4. The highest BCUT2D eigenvalue weighted by Crippen LogP contribution is 2.31. The van der Waals surface area contributed by atoms with Gasteiger partial charge in [0.1, 0.15) is 0 Å². The molecule has 0 saturated heterocycles. The van der Waals surface area contributed by atoms with Gasteiger partial charge < -0.3 is 14.9 Å². The molecule has 0 aliphatic heterocycles. The highest BCUT2D eigenvalue weighted by atomic mass is 16.5. The number of ether oxygens (including phenoxy) is 1. The van der Waals surface area contributed by atoms with Gasteiger partial charge in [0.15, 0.2) is 11.5 Å². The second-order valence-electron chi connectivity index (χ2n) is 3.47. The molecule has 3 heteroatoms. The number of rotatable bonds is 4. The van der Waals surface area contributed by atoms with Crippen molar-refractivity contribution in [3.8, 4) is 11.5 Å². The van der Waals surface area contributed by atoms with Crippen LogP contribution >= 0.6 is 0 Å². The van der Waals surface area contributed by atoms with Crippen molar-refractivity contribution in [1.82, 2.24) is 0 Å². The van der Waals surface area contributed by atoms with Crippen LogP contribution in [-0.2, 0) is 0 Å². The van der Waals surface area contributed by atoms with Gasteiger partial charge in [-0.15, -0.1) is 6.58 Å². The number of methoxy groups -OCH3 is 1. The summed E-state index contributed by atoms with van der Waals surface area (Å²) in [7, 11) is 1.48. The maximum absolute atomic E-state index is 9.85. The van der Waals surface area contributed by atoms with Gasteiger partial charge in [-0.3, -0.25) is 0 Å². The van der Waals surface area contributed by atoms with Crippen molar-refractivity contribution in [1.29, 1.82) is 0 Å². The Morgan fingerprint density at radius 2 is 2.13 bits per heavy atom. The summed E-state index contributed by atoms with van der Waals surface area (Å²) in [4.78, 5) is 0. The Hall–Kier alpha value is -1.48. The summed E-state index contributed by atoms with van der Waals surface area (Å²) < 4.78 is 4.91. The number of aliphatic hydroxyl groups is 1. The molecule has 3 nitrogen and oxygen atoms in total. The summed E-state index contributed by atoms with van der Waals surface area (Å²) in [5.41, 5.74) is 0.653. The van der Waals surface area contributed by atoms with Crippen molar-refractivity contribution in [2.24, 2.45) is 5.92 Å². The molecule has 0 fully saturated rings. The molecule has 0 bridgehead atoms. The topological polar surface area (TPSA) is 49.7 Å². The molecule has 0 heterocycles. The summed E-state index contributed by atoms with van der Waals surface area (Å²) in [6.45, 7) is 5.48. The Labute approximate surface area is 89.6 Å². The Bertz CT molecular complexity index is 347. The fourth-order valence-corrected chi connectivity index (χ4v) is 1.32. The molecule has 0 spiro atoms. The monoisotopic (exact) mass is 208 g/mol. The largest absolute Gasteiger partial charge is 0.504 e. The predicted octanol–water partition coefficient (Wildman–Crippen LogP) is 2.26. The van der Waals surface area contributed by atoms with E-state index >= 15 is 0 Å². The average molecular weight is 208 g/mol. The van der Waals surface area contributed by atoms with E-state index in [1.165, 1.54) is 13.2 Å². The lowest BCUT2D eigenvalue weighted by Gasteiger charge is -2.16. The van der Waals surface area contributed by atoms with Gasteiger partial charge in [0.25, 0.3) is 0 Å². The molecule has 0 aliphatic rings. The first-order valence-corrected chi connectivity index (χ1v) is 4.77. The first-order chi connectivity index (χ1) is 7.10. The fourth-order valence-electron chi connectivity index (χ4n) is 1.32. The minimum Gasteiger partial charge on any atom is -0.504 e. The lowest BCUT2D eigenvalue weighted by atomic mass is 9.97. The zero-order valence-electron chi connectivity index (χ0n) is 8.97. The van der Waals surface area contributed by atoms with Crippen LogP contribution in [0.25, 0.3) is 0 Å². The van der Waals surface area contributed by atoms with Crippen molar-refractivity contribution in [3.63, 3.8) is 0 Å². The van der Waals surface area contributed by atoms with Crippen LogP contribution in [0.2, 0.25) is 0 Å². The number of aromatic hydroxyl groups is 1. The number of phenolic OH excluding ortho intramolecular Hbond substituents is 1. The summed E-state index contributed by atoms with van der Waals surface area (Å²) in [6, 6.07) is 4.86. The molecule has 1 rings (SSSR count). The molecular weight excluding hydrogens is 192 g/mol. The maximum Gasteiger partial charge on any atom is 0.160 e. The summed E-state index contributed by atoms with van der Waals surface area (Å²) in [5, 5.41) is 19.4. The first-order valence-electron chi connectivity index (χ1n) is 4.77. The van der Waals surface area contributed by atoms with Crippen molar-refractivity contribution in [2.75, 3.05) is 7.11 Å². The van der Waals surface area contributed by atoms with Crippen LogP contribution in [0, 0.1) is 5.92 Å². The van der Waals surface area contributed by atoms with Crippen LogP contribution < -0.4 is 4.74 Å². The van der Waals surface area contributed by atoms with Gasteiger partial charge in [0, 0.05) is 5.92 Å². The van der Waals surface area contributed by atoms with Crippen LogP contribution in [0.5, 0.6) is 11.5 Å². The van der Waals surface area contributed by atoms with Gasteiger partial charge in [0.05, 0.1) is 13.2 Å². The normalized spacial score (nSPS) is 14.3. The van der Waals surface area contributed by atoms with E-state index in [9.17, 15) is 10.2 Å². The third kappa shape index (κ3) is 2.50. The maximum atomic E-state index is 9.85. The van der Waals surface area contributed by atoms with Crippen LogP contribution in [0.15, 0.2) is 30.9 Å². The Kier molecular flexibility index (Phi) is 3.74. The summed E-state index contributed by atoms with van der Waals surface area (Å²) >= 11 is 0. The first kappa shape index (κ1) is 11.6. The molecule has 2 N–H and O–H groups in total. The number of hydrogen-bond acceptors (Lipinski definition) is 3. The van der Waals surface area contributed by atoms with Crippen molar-refractivity contribution < 1.29 is 14.9 Å². The van der Waals surface area contributed by atoms with E-state index in [1.54, 1.807) is 18.2 Å². The van der Waals surface area contributed by atoms with Crippen molar-refractivity contribution in [2.45, 2.75) is 13.0 Å². The zero-order valence-corrected chi connectivity index (χ0v) is 8.97. The highest BCUT2D eigenvalue weighted by Gasteiger charge is 2.15. The lowest BCUT2D eigenvalue weighted by molar-refractivity contribution is 0.139. The molecule has 82 valence electrons. The molecule has 0 unspecified atom stereocenters. The Balaban J connectivity index is 2.96. The van der Waals surface area contributed by atoms with Crippen molar-refractivity contribution in [3.05, 3.63) is 36.4 Å². The van der Waals surface area contributed by atoms with E-state index in [4.69, 9.17) is 4.74 Å². The van der Waals surface area contributed by atoms with Crippen LogP contribution in [0.4, 0.5) is 0 Å². The molecule has 0 radical (unpaired) electrons. The van der Waals surface area contributed by atoms with E-state index in [2.05, 4.69) is 6.58 Å². The van der Waals surface area contributed by atoms with Gasteiger partial charge in [-0.1, -0.05) is 19.1 Å². The fraction of sp³-hybridized carbons (Fsp3) is 0.333. The summed E-state index contributed by atoms with van der Waals surface area (Å²) in [6.07, 6.45) is 1.02. The molecule has 2 atom stereocenters. The van der Waals surface area contributed by atoms with Crippen molar-refractivity contribution >= 4 is 0 Å². The number of phenols is 1. The minimum atomic E-state index is -0.653. The molecule has 15 heavy (non-hydrogen) atoms. The van der Waals surface area contributed by atoms with Gasteiger partial charge in [-0.25, -0.2) is 0 Å². The molecular formula is C12H16O3. The Morgan fingerprint density at radius 3 is 2.60 bits per heavy atom. The standard InChI is InChI=1S/C12H16O3/c1-4-8(2)12(14)9-5-6-11(15-3)10(13)7-9/h4-8,12-14H,1H2,2-3H3/t8-,12-/m0/s1. The molecule has 1 aromatic rings. The van der Waals surface area contributed by atoms with E-state index in [0.29, 0.717) is 11.3 Å². The van der Waals surface area contributed by atoms with Gasteiger partial charge in [0.2, 0.25) is 0 Å². The van der Waals surface area contributed by atoms with Crippen LogP contribution in [0.1, 0.15) is 18.6 Å². The molecule has 1 aromatic carbocycles. The second kappa shape index (κ2) is 4.84. The minimum absolute atomic E-state index is 0.0327. The molecule has 0 amide bonds. The van der Waals surface area contributed by atoms with Gasteiger partial charge in [-0.2, -0.15) is 0 Å². The van der Waals surface area contributed by atoms with Crippen LogP contribution in [-0.4, -0.2) is 17.3 Å². The quantitative estimate of drug-likeness (QED) is 0.746. The number of benzene rings is 1. The molecule has 0 saturated carbocycles. The SMILES string of the molecule is C=C[C@H](C)[C@H](O)c1ccc(OC)c(O)c1. The second-order valence-corrected chi connectivity index (χ2v) is 3.47. The van der Waals surface area contributed by atoms with E-state index in [0.717, 1.165) is 0 Å².